The van der Waals surface area contributed by atoms with Crippen molar-refractivity contribution in [3.63, 3.8) is 0 Å². The van der Waals surface area contributed by atoms with E-state index in [9.17, 15) is 14.4 Å². The number of halogens is 2. The van der Waals surface area contributed by atoms with Gasteiger partial charge in [0, 0.05) is 32.8 Å². The summed E-state index contributed by atoms with van der Waals surface area (Å²) in [5.41, 5.74) is 2.61. The fourth-order valence-corrected chi connectivity index (χ4v) is 6.85. The summed E-state index contributed by atoms with van der Waals surface area (Å²) in [6.07, 6.45) is 3.85. The smallest absolute Gasteiger partial charge is 0.180 e. The summed E-state index contributed by atoms with van der Waals surface area (Å²) < 4.78 is 0. The van der Waals surface area contributed by atoms with Gasteiger partial charge in [0.25, 0.3) is 0 Å². The van der Waals surface area contributed by atoms with Crippen molar-refractivity contribution in [1.29, 1.82) is 0 Å². The molecule has 6 rings (SSSR count). The van der Waals surface area contributed by atoms with Gasteiger partial charge >= 0.3 is 0 Å². The number of rotatable bonds is 2. The first-order chi connectivity index (χ1) is 16.8. The lowest BCUT2D eigenvalue weighted by atomic mass is 9.64. The molecule has 3 aromatic rings. The third-order valence-corrected chi connectivity index (χ3v) is 8.24. The van der Waals surface area contributed by atoms with E-state index in [1.807, 2.05) is 42.2 Å². The summed E-state index contributed by atoms with van der Waals surface area (Å²) in [6, 6.07) is 16.6. The molecule has 4 nitrogen and oxygen atoms in total. The maximum Gasteiger partial charge on any atom is 0.180 e. The highest BCUT2D eigenvalue weighted by Crippen LogP contribution is 2.61. The Labute approximate surface area is 213 Å². The van der Waals surface area contributed by atoms with Crippen LogP contribution in [0.25, 0.3) is 6.08 Å². The zero-order chi connectivity index (χ0) is 24.6. The van der Waals surface area contributed by atoms with Crippen molar-refractivity contribution < 1.29 is 14.4 Å². The Hall–Kier alpha value is -3.21. The molecule has 3 aromatic carbocycles. The normalized spacial score (nSPS) is 23.4. The van der Waals surface area contributed by atoms with Crippen LogP contribution in [-0.2, 0) is 4.79 Å². The van der Waals surface area contributed by atoms with Gasteiger partial charge in [0.1, 0.15) is 5.41 Å². The summed E-state index contributed by atoms with van der Waals surface area (Å²) in [7, 11) is 0. The van der Waals surface area contributed by atoms with E-state index in [1.165, 1.54) is 6.92 Å². The molecule has 1 saturated heterocycles. The molecule has 0 bridgehead atoms. The van der Waals surface area contributed by atoms with Crippen molar-refractivity contribution in [3.8, 4) is 0 Å². The van der Waals surface area contributed by atoms with Crippen LogP contribution in [-0.4, -0.2) is 29.4 Å². The van der Waals surface area contributed by atoms with Crippen LogP contribution in [0.4, 0.5) is 5.69 Å². The molecule has 1 aliphatic carbocycles. The van der Waals surface area contributed by atoms with Crippen LogP contribution in [0.5, 0.6) is 0 Å². The van der Waals surface area contributed by atoms with Crippen molar-refractivity contribution in [1.82, 2.24) is 0 Å². The fraction of sp³-hybridized carbons (Fsp3) is 0.207. The summed E-state index contributed by atoms with van der Waals surface area (Å²) in [6.45, 7) is 3.50. The molecule has 0 amide bonds. The van der Waals surface area contributed by atoms with Gasteiger partial charge in [-0.3, -0.25) is 14.4 Å². The van der Waals surface area contributed by atoms with Crippen LogP contribution < -0.4 is 4.90 Å². The summed E-state index contributed by atoms with van der Waals surface area (Å²) in [4.78, 5) is 44.1. The van der Waals surface area contributed by atoms with Gasteiger partial charge in [-0.05, 0) is 48.7 Å². The van der Waals surface area contributed by atoms with Crippen LogP contribution in [0.1, 0.15) is 50.2 Å². The molecule has 0 aromatic heterocycles. The van der Waals surface area contributed by atoms with Crippen molar-refractivity contribution in [2.75, 3.05) is 4.90 Å². The minimum atomic E-state index is -1.53. The number of carbonyl (C=O) groups excluding carboxylic acids is 3. The molecule has 2 heterocycles. The van der Waals surface area contributed by atoms with Gasteiger partial charge in [-0.15, -0.1) is 0 Å². The first-order valence-corrected chi connectivity index (χ1v) is 12.2. The number of carbonyl (C=O) groups is 3. The lowest BCUT2D eigenvalue weighted by Gasteiger charge is -2.37. The van der Waals surface area contributed by atoms with Gasteiger partial charge in [0.05, 0.1) is 12.1 Å². The Morgan fingerprint density at radius 2 is 1.63 bits per heavy atom. The van der Waals surface area contributed by atoms with Gasteiger partial charge in [-0.2, -0.15) is 0 Å². The number of benzene rings is 3. The molecular formula is C29H21Cl2NO3. The Morgan fingerprint density at radius 1 is 0.943 bits per heavy atom. The zero-order valence-corrected chi connectivity index (χ0v) is 20.6. The predicted molar refractivity (Wildman–Crippen MR) is 138 cm³/mol. The number of aryl methyl sites for hydroxylation is 1. The maximum absolute atomic E-state index is 14.3. The predicted octanol–water partition coefficient (Wildman–Crippen LogP) is 6.32. The van der Waals surface area contributed by atoms with Crippen molar-refractivity contribution in [2.45, 2.75) is 31.8 Å². The molecule has 0 saturated carbocycles. The van der Waals surface area contributed by atoms with E-state index in [0.29, 0.717) is 26.7 Å². The summed E-state index contributed by atoms with van der Waals surface area (Å²) in [5, 5.41) is 0.772. The maximum atomic E-state index is 14.3. The molecule has 0 unspecified atom stereocenters. The summed E-state index contributed by atoms with van der Waals surface area (Å²) in [5.74, 6) is -1.47. The van der Waals surface area contributed by atoms with Crippen molar-refractivity contribution in [2.24, 2.45) is 5.41 Å². The molecule has 0 N–H and O–H groups in total. The molecular weight excluding hydrogens is 481 g/mol. The number of hydrogen-bond donors (Lipinski definition) is 0. The topological polar surface area (TPSA) is 54.5 Å². The summed E-state index contributed by atoms with van der Waals surface area (Å²) >= 11 is 12.9. The quantitative estimate of drug-likeness (QED) is 0.385. The monoisotopic (exact) mass is 501 g/mol. The number of anilines is 1. The average molecular weight is 502 g/mol. The van der Waals surface area contributed by atoms with Crippen LogP contribution in [0.15, 0.2) is 66.7 Å². The van der Waals surface area contributed by atoms with Gasteiger partial charge in [0.15, 0.2) is 17.3 Å². The Balaban J connectivity index is 1.71. The van der Waals surface area contributed by atoms with Crippen LogP contribution in [0, 0.1) is 12.3 Å². The molecule has 174 valence electrons. The molecule has 1 fully saturated rings. The standard InChI is InChI=1S/C29H21Cl2NO3/c1-15-7-8-17-9-12-24-29(27(34)19-5-3-4-6-20(19)28(29)35)25(21-11-10-18(30)14-22(21)31)26(16(2)33)32(24)23(17)13-15/h3-14,24-26H,1-2H3/t24-,25-,26+/m1/s1. The van der Waals surface area contributed by atoms with Crippen LogP contribution in [0.3, 0.4) is 0 Å². The highest BCUT2D eigenvalue weighted by molar-refractivity contribution is 6.36. The molecule has 2 aliphatic heterocycles. The van der Waals surface area contributed by atoms with E-state index in [-0.39, 0.29) is 17.3 Å². The molecule has 6 heteroatoms. The third kappa shape index (κ3) is 2.84. The Kier molecular flexibility index (Phi) is 4.86. The minimum absolute atomic E-state index is 0.137. The molecule has 3 atom stereocenters. The first kappa shape index (κ1) is 22.3. The van der Waals surface area contributed by atoms with E-state index in [4.69, 9.17) is 23.2 Å². The van der Waals surface area contributed by atoms with Crippen molar-refractivity contribution in [3.05, 3.63) is 105 Å². The number of nitrogens with zero attached hydrogens (tertiary/aromatic N) is 1. The number of ketones is 3. The second kappa shape index (κ2) is 7.64. The fourth-order valence-electron chi connectivity index (χ4n) is 6.32. The van der Waals surface area contributed by atoms with Gasteiger partial charge in [0.2, 0.25) is 0 Å². The van der Waals surface area contributed by atoms with Gasteiger partial charge < -0.3 is 4.90 Å². The van der Waals surface area contributed by atoms with Gasteiger partial charge in [-0.1, -0.05) is 77.8 Å². The third-order valence-electron chi connectivity index (χ3n) is 7.68. The average Bonchev–Trinajstić information content (AvgIpc) is 3.26. The first-order valence-electron chi connectivity index (χ1n) is 11.5. The highest BCUT2D eigenvalue weighted by Gasteiger charge is 2.71. The molecule has 0 radical (unpaired) electrons. The van der Waals surface area contributed by atoms with E-state index < -0.39 is 23.4 Å². The minimum Gasteiger partial charge on any atom is -0.352 e. The lowest BCUT2D eigenvalue weighted by Crippen LogP contribution is -2.48. The SMILES string of the molecule is CC(=O)[C@H]1[C@@H](c2ccc(Cl)cc2Cl)C2(C(=O)c3ccccc3C2=O)[C@H]2C=Cc3ccc(C)cc3N12. The molecule has 35 heavy (non-hydrogen) atoms. The van der Waals surface area contributed by atoms with Gasteiger partial charge in [-0.25, -0.2) is 0 Å². The largest absolute Gasteiger partial charge is 0.352 e. The number of hydrogen-bond acceptors (Lipinski definition) is 4. The van der Waals surface area contributed by atoms with E-state index >= 15 is 0 Å². The lowest BCUT2D eigenvalue weighted by molar-refractivity contribution is -0.118. The Bertz CT molecular complexity index is 1460. The number of fused-ring (bicyclic) bond motifs is 5. The van der Waals surface area contributed by atoms with E-state index in [2.05, 4.69) is 0 Å². The molecule has 3 aliphatic rings. The second-order valence-electron chi connectivity index (χ2n) is 9.55. The van der Waals surface area contributed by atoms with Crippen LogP contribution in [0.2, 0.25) is 10.0 Å². The Morgan fingerprint density at radius 3 is 2.26 bits per heavy atom. The van der Waals surface area contributed by atoms with Crippen LogP contribution >= 0.6 is 23.2 Å². The van der Waals surface area contributed by atoms with Crippen molar-refractivity contribution >= 4 is 52.3 Å². The highest BCUT2D eigenvalue weighted by atomic mass is 35.5. The molecule has 1 spiro atoms. The van der Waals surface area contributed by atoms with E-state index in [0.717, 1.165) is 16.8 Å². The second-order valence-corrected chi connectivity index (χ2v) is 10.4. The number of Topliss-reactive ketones (excluding diaryl/α,β-unsaturated/α-hetero) is 3. The van der Waals surface area contributed by atoms with E-state index in [1.54, 1.807) is 42.5 Å². The zero-order valence-electron chi connectivity index (χ0n) is 19.1.